The van der Waals surface area contributed by atoms with E-state index in [1.54, 1.807) is 28.1 Å². The first-order chi connectivity index (χ1) is 21.4. The molecular weight excluding hydrogens is 600 g/mol. The van der Waals surface area contributed by atoms with Crippen LogP contribution in [0, 0.1) is 0 Å². The van der Waals surface area contributed by atoms with Gasteiger partial charge in [-0.25, -0.2) is 0 Å². The number of carbonyl (C=O) groups excluding carboxylic acids is 2. The molecule has 0 spiro atoms. The summed E-state index contributed by atoms with van der Waals surface area (Å²) in [6.07, 6.45) is -9.58. The molecule has 4 fully saturated rings. The first-order valence-corrected chi connectivity index (χ1v) is 15.5. The Bertz CT molecular complexity index is 968. The number of hydrogen-bond acceptors (Lipinski definition) is 15. The Morgan fingerprint density at radius 1 is 0.667 bits per heavy atom. The molecule has 16 unspecified atom stereocenters. The quantitative estimate of drug-likeness (QED) is 0.313. The zero-order chi connectivity index (χ0) is 33.0. The summed E-state index contributed by atoms with van der Waals surface area (Å²) in [7, 11) is 6.12. The van der Waals surface area contributed by atoms with Crippen LogP contribution in [0.3, 0.4) is 0 Å². The molecule has 0 amide bonds. The number of rotatable bonds is 11. The molecule has 15 nitrogen and oxygen atoms in total. The number of carbonyl (C=O) groups is 2. The maximum absolute atomic E-state index is 11.9. The van der Waals surface area contributed by atoms with Crippen molar-refractivity contribution < 1.29 is 71.5 Å². The van der Waals surface area contributed by atoms with Crippen LogP contribution < -0.4 is 0 Å². The van der Waals surface area contributed by atoms with Gasteiger partial charge in [0.15, 0.2) is 25.0 Å². The molecular formula is C30H50O15. The molecule has 4 aliphatic heterocycles. The topological polar surface area (TPSA) is 165 Å². The lowest BCUT2D eigenvalue weighted by atomic mass is 9.97. The second-order valence-electron chi connectivity index (χ2n) is 12.0. The highest BCUT2D eigenvalue weighted by atomic mass is 16.8. The molecule has 4 rings (SSSR count). The van der Waals surface area contributed by atoms with Crippen molar-refractivity contribution >= 4 is 11.9 Å². The third-order valence-corrected chi connectivity index (χ3v) is 8.90. The van der Waals surface area contributed by atoms with Gasteiger partial charge in [0.2, 0.25) is 0 Å². The lowest BCUT2D eigenvalue weighted by molar-refractivity contribution is -0.353. The molecule has 45 heavy (non-hydrogen) atoms. The number of cyclic esters (lactones) is 1. The van der Waals surface area contributed by atoms with Gasteiger partial charge in [0, 0.05) is 48.2 Å². The van der Waals surface area contributed by atoms with Crippen LogP contribution in [0.25, 0.3) is 0 Å². The van der Waals surface area contributed by atoms with Gasteiger partial charge in [-0.1, -0.05) is 0 Å². The molecule has 4 saturated heterocycles. The van der Waals surface area contributed by atoms with Gasteiger partial charge < -0.3 is 61.9 Å². The average molecular weight is 651 g/mol. The predicted molar refractivity (Wildman–Crippen MR) is 152 cm³/mol. The largest absolute Gasteiger partial charge is 0.460 e. The first kappa shape index (κ1) is 36.3. The predicted octanol–water partition coefficient (Wildman–Crippen LogP) is 0.845. The van der Waals surface area contributed by atoms with E-state index in [1.165, 1.54) is 21.1 Å². The minimum Gasteiger partial charge on any atom is -0.460 e. The maximum Gasteiger partial charge on any atom is 0.308 e. The van der Waals surface area contributed by atoms with Gasteiger partial charge in [-0.15, -0.1) is 0 Å². The number of esters is 2. The second kappa shape index (κ2) is 16.1. The molecule has 0 aromatic rings. The summed E-state index contributed by atoms with van der Waals surface area (Å²) in [6.45, 7) is 8.41. The van der Waals surface area contributed by atoms with Crippen LogP contribution in [0.1, 0.15) is 53.9 Å². The number of aliphatic hydroxyl groups excluding tert-OH is 1. The Morgan fingerprint density at radius 3 is 1.67 bits per heavy atom. The Kier molecular flexibility index (Phi) is 13.0. The zero-order valence-electron chi connectivity index (χ0n) is 27.5. The van der Waals surface area contributed by atoms with Gasteiger partial charge in [-0.2, -0.15) is 0 Å². The van der Waals surface area contributed by atoms with Gasteiger partial charge in [0.05, 0.1) is 43.0 Å². The number of ether oxygens (including phenoxy) is 12. The van der Waals surface area contributed by atoms with Crippen LogP contribution in [-0.2, 0) is 66.4 Å². The van der Waals surface area contributed by atoms with Crippen LogP contribution >= 0.6 is 0 Å². The van der Waals surface area contributed by atoms with Crippen molar-refractivity contribution in [2.45, 2.75) is 152 Å². The van der Waals surface area contributed by atoms with Crippen molar-refractivity contribution in [3.63, 3.8) is 0 Å². The van der Waals surface area contributed by atoms with E-state index in [-0.39, 0.29) is 12.4 Å². The number of aliphatic hydroxyl groups is 1. The fourth-order valence-corrected chi connectivity index (χ4v) is 6.54. The summed E-state index contributed by atoms with van der Waals surface area (Å²) in [5, 5.41) is 10.6. The highest BCUT2D eigenvalue weighted by Gasteiger charge is 2.51. The van der Waals surface area contributed by atoms with Crippen LogP contribution in [0.2, 0.25) is 0 Å². The van der Waals surface area contributed by atoms with E-state index in [0.29, 0.717) is 12.8 Å². The maximum atomic E-state index is 11.9. The second-order valence-corrected chi connectivity index (χ2v) is 12.0. The van der Waals surface area contributed by atoms with Crippen molar-refractivity contribution in [1.29, 1.82) is 0 Å². The molecule has 15 heteroatoms. The van der Waals surface area contributed by atoms with Crippen molar-refractivity contribution in [3.05, 3.63) is 0 Å². The Hall–Kier alpha value is -1.50. The van der Waals surface area contributed by atoms with Crippen LogP contribution in [-0.4, -0.2) is 144 Å². The monoisotopic (exact) mass is 650 g/mol. The lowest BCUT2D eigenvalue weighted by Crippen LogP contribution is -2.62. The molecule has 1 N–H and O–H groups in total. The van der Waals surface area contributed by atoms with E-state index in [9.17, 15) is 14.7 Å². The van der Waals surface area contributed by atoms with Gasteiger partial charge in [0.1, 0.15) is 36.6 Å². The van der Waals surface area contributed by atoms with E-state index in [4.69, 9.17) is 56.8 Å². The van der Waals surface area contributed by atoms with Crippen molar-refractivity contribution in [2.24, 2.45) is 0 Å². The molecule has 4 aliphatic rings. The van der Waals surface area contributed by atoms with Gasteiger partial charge in [0.25, 0.3) is 0 Å². The van der Waals surface area contributed by atoms with Crippen LogP contribution in [0.5, 0.6) is 0 Å². The summed E-state index contributed by atoms with van der Waals surface area (Å²) in [5.41, 5.74) is 0. The molecule has 0 radical (unpaired) electrons. The van der Waals surface area contributed by atoms with E-state index in [1.807, 2.05) is 13.8 Å². The molecule has 16 atom stereocenters. The Morgan fingerprint density at radius 2 is 1.18 bits per heavy atom. The average Bonchev–Trinajstić information content (AvgIpc) is 2.98. The van der Waals surface area contributed by atoms with Gasteiger partial charge in [-0.05, 0) is 27.7 Å². The Labute approximate surface area is 264 Å². The van der Waals surface area contributed by atoms with Crippen LogP contribution in [0.15, 0.2) is 0 Å². The summed E-state index contributed by atoms with van der Waals surface area (Å²) >= 11 is 0. The highest BCUT2D eigenvalue weighted by Crippen LogP contribution is 2.35. The minimum absolute atomic E-state index is 0.0982. The summed E-state index contributed by atoms with van der Waals surface area (Å²) < 4.78 is 70.8. The Balaban J connectivity index is 1.39. The van der Waals surface area contributed by atoms with E-state index in [2.05, 4.69) is 0 Å². The molecule has 4 heterocycles. The van der Waals surface area contributed by atoms with Gasteiger partial charge in [-0.3, -0.25) is 9.59 Å². The van der Waals surface area contributed by atoms with E-state index in [0.717, 1.165) is 0 Å². The van der Waals surface area contributed by atoms with Crippen molar-refractivity contribution in [3.8, 4) is 0 Å². The zero-order valence-corrected chi connectivity index (χ0v) is 27.5. The van der Waals surface area contributed by atoms with Gasteiger partial charge >= 0.3 is 11.9 Å². The number of methoxy groups -OCH3 is 4. The first-order valence-electron chi connectivity index (χ1n) is 15.5. The third-order valence-electron chi connectivity index (χ3n) is 8.90. The van der Waals surface area contributed by atoms with E-state index >= 15 is 0 Å². The summed E-state index contributed by atoms with van der Waals surface area (Å²) in [5.74, 6) is -0.896. The fourth-order valence-electron chi connectivity index (χ4n) is 6.54. The molecule has 260 valence electrons. The normalized spacial score (nSPS) is 46.0. The summed E-state index contributed by atoms with van der Waals surface area (Å²) in [6, 6.07) is 0. The van der Waals surface area contributed by atoms with Crippen molar-refractivity contribution in [1.82, 2.24) is 0 Å². The molecule has 0 saturated carbocycles. The fraction of sp³-hybridized carbons (Fsp3) is 0.933. The molecule has 0 aliphatic carbocycles. The SMILES string of the molecule is COC1CC(=O)OC(C)C1OC1CC(OC)C(OC2CC(OC)C(OC3OC(C)C(O)C(OC)C3OC(C)=O)C(C)O2)C(C)O1. The summed E-state index contributed by atoms with van der Waals surface area (Å²) in [4.78, 5) is 23.7. The third kappa shape index (κ3) is 8.51. The van der Waals surface area contributed by atoms with Crippen molar-refractivity contribution in [2.75, 3.05) is 28.4 Å². The van der Waals surface area contributed by atoms with E-state index < -0.39 is 104 Å². The number of hydrogen-bond donors (Lipinski definition) is 1. The molecule has 0 aromatic heterocycles. The molecule has 0 aromatic carbocycles. The standard InChI is InChI=1S/C30H50O15/c1-13-24(33)28(37-9)29(42-17(5)31)30(41-13)45-27-16(4)40-23(12-20(27)36-8)44-26-15(3)39-22(11-19(26)35-7)43-25-14(2)38-21(32)10-18(25)34-6/h13-16,18-20,22-30,33H,10-12H2,1-9H3. The minimum atomic E-state index is -1.04. The smallest absolute Gasteiger partial charge is 0.308 e. The lowest BCUT2D eigenvalue weighted by Gasteiger charge is -2.47. The van der Waals surface area contributed by atoms with Crippen LogP contribution in [0.4, 0.5) is 0 Å². The molecule has 0 bridgehead atoms. The highest BCUT2D eigenvalue weighted by molar-refractivity contribution is 5.71.